The minimum absolute atomic E-state index is 0.123. The van der Waals surface area contributed by atoms with Crippen LogP contribution in [0.1, 0.15) is 19.4 Å². The molecule has 0 bridgehead atoms. The minimum Gasteiger partial charge on any atom is -0.492 e. The lowest BCUT2D eigenvalue weighted by atomic mass is 10.2. The first-order valence-electron chi connectivity index (χ1n) is 8.82. The van der Waals surface area contributed by atoms with Gasteiger partial charge in [0, 0.05) is 11.8 Å². The Morgan fingerprint density at radius 2 is 1.74 bits per heavy atom. The standard InChI is InChI=1S/C21H24N2O4/c1-3-26-19-8-6-5-7-18(19)23-20(24)15-22-17-12-9-16(10-13-17)11-14-21(25)27-4-2/h5-14,22H,3-4,15H2,1-2H3,(H,23,24)/b14-11+. The van der Waals surface area contributed by atoms with Gasteiger partial charge in [-0.25, -0.2) is 4.79 Å². The molecule has 0 aliphatic carbocycles. The second-order valence-electron chi connectivity index (χ2n) is 5.54. The topological polar surface area (TPSA) is 76.7 Å². The molecule has 0 radical (unpaired) electrons. The molecule has 6 nitrogen and oxygen atoms in total. The van der Waals surface area contributed by atoms with E-state index in [0.717, 1.165) is 11.3 Å². The van der Waals surface area contributed by atoms with Gasteiger partial charge in [0.25, 0.3) is 0 Å². The van der Waals surface area contributed by atoms with E-state index in [1.165, 1.54) is 6.08 Å². The highest BCUT2D eigenvalue weighted by Crippen LogP contribution is 2.23. The van der Waals surface area contributed by atoms with E-state index in [9.17, 15) is 9.59 Å². The first-order valence-corrected chi connectivity index (χ1v) is 8.82. The number of benzene rings is 2. The van der Waals surface area contributed by atoms with Gasteiger partial charge in [0.05, 0.1) is 25.4 Å². The Hall–Kier alpha value is -3.28. The number of carbonyl (C=O) groups excluding carboxylic acids is 2. The Balaban J connectivity index is 1.86. The molecule has 0 aliphatic heterocycles. The largest absolute Gasteiger partial charge is 0.492 e. The Labute approximate surface area is 159 Å². The van der Waals surface area contributed by atoms with Crippen LogP contribution in [0, 0.1) is 0 Å². The second-order valence-corrected chi connectivity index (χ2v) is 5.54. The zero-order valence-electron chi connectivity index (χ0n) is 15.5. The van der Waals surface area contributed by atoms with Crippen LogP contribution < -0.4 is 15.4 Å². The predicted molar refractivity (Wildman–Crippen MR) is 107 cm³/mol. The van der Waals surface area contributed by atoms with E-state index in [-0.39, 0.29) is 18.4 Å². The fourth-order valence-corrected chi connectivity index (χ4v) is 2.29. The van der Waals surface area contributed by atoms with E-state index in [4.69, 9.17) is 9.47 Å². The van der Waals surface area contributed by atoms with E-state index in [2.05, 4.69) is 10.6 Å². The predicted octanol–water partition coefficient (Wildman–Crippen LogP) is 3.71. The molecule has 2 aromatic carbocycles. The summed E-state index contributed by atoms with van der Waals surface area (Å²) in [5.41, 5.74) is 2.31. The third-order valence-corrected chi connectivity index (χ3v) is 3.52. The number of carbonyl (C=O) groups is 2. The van der Waals surface area contributed by atoms with Crippen molar-refractivity contribution in [2.75, 3.05) is 30.4 Å². The van der Waals surface area contributed by atoms with Gasteiger partial charge in [-0.15, -0.1) is 0 Å². The molecule has 0 saturated carbocycles. The van der Waals surface area contributed by atoms with Crippen LogP contribution in [-0.4, -0.2) is 31.6 Å². The highest BCUT2D eigenvalue weighted by Gasteiger charge is 2.07. The zero-order chi connectivity index (χ0) is 19.5. The normalized spacial score (nSPS) is 10.4. The molecule has 27 heavy (non-hydrogen) atoms. The van der Waals surface area contributed by atoms with Crippen LogP contribution in [0.15, 0.2) is 54.6 Å². The third-order valence-electron chi connectivity index (χ3n) is 3.52. The van der Waals surface area contributed by atoms with Gasteiger partial charge < -0.3 is 20.1 Å². The molecule has 0 atom stereocenters. The monoisotopic (exact) mass is 368 g/mol. The molecule has 1 amide bonds. The van der Waals surface area contributed by atoms with Crippen LogP contribution in [0.2, 0.25) is 0 Å². The lowest BCUT2D eigenvalue weighted by molar-refractivity contribution is -0.137. The summed E-state index contributed by atoms with van der Waals surface area (Å²) >= 11 is 0. The smallest absolute Gasteiger partial charge is 0.330 e. The average Bonchev–Trinajstić information content (AvgIpc) is 2.67. The lowest BCUT2D eigenvalue weighted by Crippen LogP contribution is -2.22. The second kappa shape index (κ2) is 10.7. The van der Waals surface area contributed by atoms with Gasteiger partial charge >= 0.3 is 5.97 Å². The Morgan fingerprint density at radius 3 is 2.44 bits per heavy atom. The molecular formula is C21H24N2O4. The molecular weight excluding hydrogens is 344 g/mol. The van der Waals surface area contributed by atoms with Crippen molar-refractivity contribution >= 4 is 29.3 Å². The van der Waals surface area contributed by atoms with E-state index < -0.39 is 0 Å². The number of hydrogen-bond acceptors (Lipinski definition) is 5. The minimum atomic E-state index is -0.372. The Morgan fingerprint density at radius 1 is 1.00 bits per heavy atom. The molecule has 0 fully saturated rings. The molecule has 0 aromatic heterocycles. The van der Waals surface area contributed by atoms with Gasteiger partial charge in [0.15, 0.2) is 0 Å². The van der Waals surface area contributed by atoms with E-state index in [0.29, 0.717) is 24.7 Å². The molecule has 2 aromatic rings. The molecule has 6 heteroatoms. The number of anilines is 2. The molecule has 0 aliphatic rings. The molecule has 0 saturated heterocycles. The lowest BCUT2D eigenvalue weighted by Gasteiger charge is -2.12. The van der Waals surface area contributed by atoms with Gasteiger partial charge in [-0.05, 0) is 49.8 Å². The van der Waals surface area contributed by atoms with Gasteiger partial charge in [-0.3, -0.25) is 4.79 Å². The van der Waals surface area contributed by atoms with Crippen LogP contribution >= 0.6 is 0 Å². The highest BCUT2D eigenvalue weighted by molar-refractivity contribution is 5.95. The SMILES string of the molecule is CCOC(=O)/C=C/c1ccc(NCC(=O)Nc2ccccc2OCC)cc1. The summed E-state index contributed by atoms with van der Waals surface area (Å²) in [4.78, 5) is 23.5. The summed E-state index contributed by atoms with van der Waals surface area (Å²) in [5.74, 6) is 0.100. The number of nitrogens with one attached hydrogen (secondary N) is 2. The van der Waals surface area contributed by atoms with Gasteiger partial charge in [0.1, 0.15) is 5.75 Å². The Bertz CT molecular complexity index is 785. The molecule has 0 heterocycles. The van der Waals surface area contributed by atoms with Crippen molar-refractivity contribution in [3.63, 3.8) is 0 Å². The fraction of sp³-hybridized carbons (Fsp3) is 0.238. The van der Waals surface area contributed by atoms with Crippen molar-refractivity contribution in [2.24, 2.45) is 0 Å². The van der Waals surface area contributed by atoms with Crippen molar-refractivity contribution < 1.29 is 19.1 Å². The molecule has 142 valence electrons. The number of rotatable bonds is 9. The number of ether oxygens (including phenoxy) is 2. The maximum atomic E-state index is 12.2. The summed E-state index contributed by atoms with van der Waals surface area (Å²) in [6.07, 6.45) is 3.06. The van der Waals surface area contributed by atoms with Crippen molar-refractivity contribution in [3.8, 4) is 5.75 Å². The molecule has 2 rings (SSSR count). The van der Waals surface area contributed by atoms with Crippen LogP contribution in [0.3, 0.4) is 0 Å². The van der Waals surface area contributed by atoms with Crippen molar-refractivity contribution in [3.05, 3.63) is 60.2 Å². The zero-order valence-corrected chi connectivity index (χ0v) is 15.5. The van der Waals surface area contributed by atoms with E-state index >= 15 is 0 Å². The van der Waals surface area contributed by atoms with Gasteiger partial charge in [0.2, 0.25) is 5.91 Å². The number of amides is 1. The van der Waals surface area contributed by atoms with Gasteiger partial charge in [-0.1, -0.05) is 24.3 Å². The van der Waals surface area contributed by atoms with E-state index in [1.54, 1.807) is 19.1 Å². The first-order chi connectivity index (χ1) is 13.1. The number of para-hydroxylation sites is 2. The van der Waals surface area contributed by atoms with E-state index in [1.807, 2.05) is 49.4 Å². The average molecular weight is 368 g/mol. The third kappa shape index (κ3) is 6.86. The van der Waals surface area contributed by atoms with Crippen LogP contribution in [0.5, 0.6) is 5.75 Å². The van der Waals surface area contributed by atoms with Crippen LogP contribution in [0.4, 0.5) is 11.4 Å². The summed E-state index contributed by atoms with van der Waals surface area (Å²) in [7, 11) is 0. The number of hydrogen-bond donors (Lipinski definition) is 2. The van der Waals surface area contributed by atoms with Crippen molar-refractivity contribution in [2.45, 2.75) is 13.8 Å². The maximum Gasteiger partial charge on any atom is 0.330 e. The van der Waals surface area contributed by atoms with Crippen LogP contribution in [-0.2, 0) is 14.3 Å². The summed E-state index contributed by atoms with van der Waals surface area (Å²) in [6.45, 7) is 4.66. The summed E-state index contributed by atoms with van der Waals surface area (Å²) < 4.78 is 10.3. The number of esters is 1. The summed E-state index contributed by atoms with van der Waals surface area (Å²) in [6, 6.07) is 14.7. The van der Waals surface area contributed by atoms with Crippen molar-refractivity contribution in [1.29, 1.82) is 0 Å². The highest BCUT2D eigenvalue weighted by atomic mass is 16.5. The van der Waals surface area contributed by atoms with Gasteiger partial charge in [-0.2, -0.15) is 0 Å². The van der Waals surface area contributed by atoms with Crippen molar-refractivity contribution in [1.82, 2.24) is 0 Å². The summed E-state index contributed by atoms with van der Waals surface area (Å²) in [5, 5.41) is 5.89. The molecule has 2 N–H and O–H groups in total. The first kappa shape index (κ1) is 20.0. The van der Waals surface area contributed by atoms with Crippen LogP contribution in [0.25, 0.3) is 6.08 Å². The molecule has 0 unspecified atom stereocenters. The maximum absolute atomic E-state index is 12.2. The Kier molecular flexibility index (Phi) is 7.91. The molecule has 0 spiro atoms. The fourth-order valence-electron chi connectivity index (χ4n) is 2.29. The quantitative estimate of drug-likeness (QED) is 0.521.